The molecule has 4 N–H and O–H groups in total. The highest BCUT2D eigenvalue weighted by atomic mass is 16.4. The number of carboxylic acid groups (broad SMARTS) is 4. The Balaban J connectivity index is 3.13. The Morgan fingerprint density at radius 2 is 0.971 bits per heavy atom. The van der Waals surface area contributed by atoms with Crippen molar-refractivity contribution < 1.29 is 44.4 Å². The number of carbonyl (C=O) groups is 5. The van der Waals surface area contributed by atoms with Crippen molar-refractivity contribution in [2.24, 2.45) is 5.92 Å². The highest BCUT2D eigenvalue weighted by molar-refractivity contribution is 5.81. The molecule has 0 unspecified atom stereocenters. The maximum atomic E-state index is 12.1. The smallest absolute Gasteiger partial charge is 0.320 e. The number of aliphatic carboxylic acids is 4. The fourth-order valence-corrected chi connectivity index (χ4v) is 3.94. The number of hydrogen-bond acceptors (Lipinski definition) is 9. The number of nitrogens with zero attached hydrogens (tertiary/aromatic N) is 4. The van der Waals surface area contributed by atoms with E-state index >= 15 is 0 Å². The molecular formula is C22H38N4O9. The summed E-state index contributed by atoms with van der Waals surface area (Å²) in [6.45, 7) is 4.47. The lowest BCUT2D eigenvalue weighted by molar-refractivity contribution is -0.145. The molecule has 35 heavy (non-hydrogen) atoms. The van der Waals surface area contributed by atoms with Gasteiger partial charge in [0.1, 0.15) is 11.8 Å². The third-order valence-corrected chi connectivity index (χ3v) is 5.98. The van der Waals surface area contributed by atoms with Crippen molar-refractivity contribution in [1.82, 2.24) is 19.6 Å². The van der Waals surface area contributed by atoms with Crippen molar-refractivity contribution >= 4 is 29.7 Å². The first-order valence-electron chi connectivity index (χ1n) is 11.7. The van der Waals surface area contributed by atoms with Crippen molar-refractivity contribution in [3.05, 3.63) is 0 Å². The topological polar surface area (TPSA) is 179 Å². The molecule has 200 valence electrons. The van der Waals surface area contributed by atoms with Crippen molar-refractivity contribution in [3.8, 4) is 0 Å². The Hall–Kier alpha value is -2.61. The fourth-order valence-electron chi connectivity index (χ4n) is 3.94. The van der Waals surface area contributed by atoms with Gasteiger partial charge in [0.25, 0.3) is 0 Å². The van der Waals surface area contributed by atoms with Gasteiger partial charge < -0.3 is 20.4 Å². The summed E-state index contributed by atoms with van der Waals surface area (Å²) < 4.78 is 0. The minimum atomic E-state index is -1.10. The summed E-state index contributed by atoms with van der Waals surface area (Å²) in [6.07, 6.45) is 0.184. The summed E-state index contributed by atoms with van der Waals surface area (Å²) >= 11 is 0. The van der Waals surface area contributed by atoms with Crippen LogP contribution in [0.3, 0.4) is 0 Å². The van der Waals surface area contributed by atoms with Crippen LogP contribution in [0.1, 0.15) is 26.7 Å². The Kier molecular flexibility index (Phi) is 13.4. The standard InChI is InChI=1S/C22H38N4O9/c1-16(2)18(27)4-3-17(22(34)35)26-11-9-24(14-20(30)31)7-5-23(13-19(28)29)6-8-25(10-12-26)15-21(32)33/h16-17H,3-15H2,1-2H3,(H,28,29)(H,30,31)(H,32,33)(H,34,35)/t17-/m1/s1. The van der Waals surface area contributed by atoms with E-state index in [0.29, 0.717) is 0 Å². The van der Waals surface area contributed by atoms with E-state index < -0.39 is 29.9 Å². The molecule has 0 aromatic heterocycles. The molecule has 0 aromatic rings. The van der Waals surface area contributed by atoms with E-state index in [1.54, 1.807) is 33.4 Å². The van der Waals surface area contributed by atoms with Gasteiger partial charge in [0.05, 0.1) is 19.6 Å². The maximum Gasteiger partial charge on any atom is 0.320 e. The first-order valence-corrected chi connectivity index (χ1v) is 11.7. The molecule has 1 aliphatic rings. The minimum Gasteiger partial charge on any atom is -0.480 e. The summed E-state index contributed by atoms with van der Waals surface area (Å²) in [4.78, 5) is 64.7. The zero-order valence-corrected chi connectivity index (χ0v) is 20.5. The number of rotatable bonds is 12. The summed E-state index contributed by atoms with van der Waals surface area (Å²) in [5.74, 6) is -4.53. The lowest BCUT2D eigenvalue weighted by atomic mass is 10.0. The predicted octanol–water partition coefficient (Wildman–Crippen LogP) is -1.08. The van der Waals surface area contributed by atoms with Gasteiger partial charge in [-0.1, -0.05) is 13.8 Å². The summed E-state index contributed by atoms with van der Waals surface area (Å²) in [7, 11) is 0. The third-order valence-electron chi connectivity index (χ3n) is 5.98. The molecule has 0 saturated carbocycles. The zero-order valence-electron chi connectivity index (χ0n) is 20.5. The van der Waals surface area contributed by atoms with Crippen LogP contribution < -0.4 is 0 Å². The molecule has 1 atom stereocenters. The van der Waals surface area contributed by atoms with Gasteiger partial charge in [-0.05, 0) is 6.42 Å². The van der Waals surface area contributed by atoms with E-state index in [9.17, 15) is 44.4 Å². The molecular weight excluding hydrogens is 464 g/mol. The van der Waals surface area contributed by atoms with Gasteiger partial charge in [-0.2, -0.15) is 0 Å². The zero-order chi connectivity index (χ0) is 26.5. The second-order valence-electron chi connectivity index (χ2n) is 9.06. The van der Waals surface area contributed by atoms with E-state index in [-0.39, 0.29) is 96.5 Å². The van der Waals surface area contributed by atoms with Crippen molar-refractivity contribution in [2.75, 3.05) is 72.0 Å². The minimum absolute atomic E-state index is 0.0517. The highest BCUT2D eigenvalue weighted by Crippen LogP contribution is 2.13. The second-order valence-corrected chi connectivity index (χ2v) is 9.06. The molecule has 0 aromatic carbocycles. The van der Waals surface area contributed by atoms with Gasteiger partial charge in [-0.3, -0.25) is 43.6 Å². The maximum absolute atomic E-state index is 12.1. The Morgan fingerprint density at radius 3 is 1.26 bits per heavy atom. The number of ketones is 1. The average molecular weight is 503 g/mol. The van der Waals surface area contributed by atoms with E-state index in [2.05, 4.69) is 0 Å². The third kappa shape index (κ3) is 12.6. The van der Waals surface area contributed by atoms with Crippen molar-refractivity contribution in [1.29, 1.82) is 0 Å². The van der Waals surface area contributed by atoms with E-state index in [1.165, 1.54) is 0 Å². The first kappa shape index (κ1) is 30.4. The molecule has 1 aliphatic heterocycles. The van der Waals surface area contributed by atoms with Crippen LogP contribution in [0.5, 0.6) is 0 Å². The summed E-state index contributed by atoms with van der Waals surface area (Å²) in [5.41, 5.74) is 0. The van der Waals surface area contributed by atoms with Crippen LogP contribution in [-0.2, 0) is 24.0 Å². The lowest BCUT2D eigenvalue weighted by Gasteiger charge is -2.35. The molecule has 0 aliphatic carbocycles. The van der Waals surface area contributed by atoms with Crippen LogP contribution in [0.2, 0.25) is 0 Å². The van der Waals surface area contributed by atoms with Crippen LogP contribution in [-0.4, -0.2) is 148 Å². The van der Waals surface area contributed by atoms with Gasteiger partial charge in [0.15, 0.2) is 0 Å². The van der Waals surface area contributed by atoms with E-state index in [1.807, 2.05) is 0 Å². The van der Waals surface area contributed by atoms with Crippen LogP contribution in [0.15, 0.2) is 0 Å². The van der Waals surface area contributed by atoms with Crippen LogP contribution in [0.25, 0.3) is 0 Å². The number of carboxylic acids is 4. The molecule has 13 heteroatoms. The fraction of sp³-hybridized carbons (Fsp3) is 0.773. The first-order chi connectivity index (χ1) is 16.4. The Labute approximate surface area is 204 Å². The molecule has 1 saturated heterocycles. The number of hydrogen-bond donors (Lipinski definition) is 4. The van der Waals surface area contributed by atoms with Gasteiger partial charge >= 0.3 is 23.9 Å². The van der Waals surface area contributed by atoms with Gasteiger partial charge in [0, 0.05) is 64.7 Å². The molecule has 13 nitrogen and oxygen atoms in total. The van der Waals surface area contributed by atoms with Crippen molar-refractivity contribution in [3.63, 3.8) is 0 Å². The number of Topliss-reactive ketones (excluding diaryl/α,β-unsaturated/α-hetero) is 1. The quantitative estimate of drug-likeness (QED) is 0.253. The predicted molar refractivity (Wildman–Crippen MR) is 124 cm³/mol. The monoisotopic (exact) mass is 502 g/mol. The Bertz CT molecular complexity index is 714. The number of carbonyl (C=O) groups excluding carboxylic acids is 1. The molecule has 1 heterocycles. The van der Waals surface area contributed by atoms with Gasteiger partial charge in [-0.15, -0.1) is 0 Å². The van der Waals surface area contributed by atoms with Crippen LogP contribution >= 0.6 is 0 Å². The summed E-state index contributed by atoms with van der Waals surface area (Å²) in [5, 5.41) is 37.7. The molecule has 0 bridgehead atoms. The molecule has 1 rings (SSSR count). The average Bonchev–Trinajstić information content (AvgIpc) is 2.73. The lowest BCUT2D eigenvalue weighted by Crippen LogP contribution is -2.51. The van der Waals surface area contributed by atoms with Crippen LogP contribution in [0.4, 0.5) is 0 Å². The van der Waals surface area contributed by atoms with E-state index in [4.69, 9.17) is 0 Å². The highest BCUT2D eigenvalue weighted by Gasteiger charge is 2.28. The second kappa shape index (κ2) is 15.4. The van der Waals surface area contributed by atoms with Gasteiger partial charge in [-0.25, -0.2) is 0 Å². The molecule has 0 radical (unpaired) electrons. The molecule has 0 amide bonds. The molecule has 0 spiro atoms. The van der Waals surface area contributed by atoms with Crippen molar-refractivity contribution in [2.45, 2.75) is 32.7 Å². The van der Waals surface area contributed by atoms with E-state index in [0.717, 1.165) is 0 Å². The molecule has 1 fully saturated rings. The van der Waals surface area contributed by atoms with Crippen LogP contribution in [0, 0.1) is 5.92 Å². The summed E-state index contributed by atoms with van der Waals surface area (Å²) in [6, 6.07) is -0.984. The largest absolute Gasteiger partial charge is 0.480 e. The van der Waals surface area contributed by atoms with Gasteiger partial charge in [0.2, 0.25) is 0 Å². The Morgan fingerprint density at radius 1 is 0.629 bits per heavy atom. The normalized spacial score (nSPS) is 18.9. The SMILES string of the molecule is CC(C)C(=O)CC[C@H](C(=O)O)N1CCN(CC(=O)O)CCN(CC(=O)O)CCN(CC(=O)O)CC1.